The van der Waals surface area contributed by atoms with E-state index in [1.807, 2.05) is 56.0 Å². The molecular weight excluding hydrogens is 496 g/mol. The smallest absolute Gasteiger partial charge is 0.410 e. The van der Waals surface area contributed by atoms with Gasteiger partial charge in [-0.25, -0.2) is 9.59 Å². The van der Waals surface area contributed by atoms with Crippen molar-refractivity contribution in [3.63, 3.8) is 0 Å². The van der Waals surface area contributed by atoms with Crippen LogP contribution in [-0.4, -0.2) is 113 Å². The Bertz CT molecular complexity index is 936. The van der Waals surface area contributed by atoms with Crippen LogP contribution in [0.5, 0.6) is 0 Å². The minimum Gasteiger partial charge on any atom is -0.445 e. The monoisotopic (exact) mass is 544 g/mol. The second-order valence-corrected chi connectivity index (χ2v) is 12.7. The highest BCUT2D eigenvalue weighted by atomic mass is 16.6. The molecule has 4 rings (SSSR count). The first-order valence-corrected chi connectivity index (χ1v) is 14.6. The van der Waals surface area contributed by atoms with Gasteiger partial charge < -0.3 is 29.3 Å². The van der Waals surface area contributed by atoms with Gasteiger partial charge in [0.1, 0.15) is 12.2 Å². The van der Waals surface area contributed by atoms with Crippen LogP contribution in [0.15, 0.2) is 30.3 Å². The van der Waals surface area contributed by atoms with Gasteiger partial charge >= 0.3 is 12.2 Å². The van der Waals surface area contributed by atoms with Crippen molar-refractivity contribution in [2.75, 3.05) is 58.9 Å². The Morgan fingerprint density at radius 2 is 1.62 bits per heavy atom. The van der Waals surface area contributed by atoms with Crippen LogP contribution in [0, 0.1) is 5.92 Å². The number of rotatable bonds is 6. The summed E-state index contributed by atoms with van der Waals surface area (Å²) in [7, 11) is 0. The Kier molecular flexibility index (Phi) is 9.78. The maximum atomic E-state index is 12.6. The van der Waals surface area contributed by atoms with E-state index in [0.717, 1.165) is 44.6 Å². The van der Waals surface area contributed by atoms with Crippen LogP contribution in [-0.2, 0) is 16.1 Å². The maximum Gasteiger partial charge on any atom is 0.410 e. The third-order valence-electron chi connectivity index (χ3n) is 8.29. The molecule has 3 aliphatic rings. The van der Waals surface area contributed by atoms with Gasteiger partial charge in [-0.3, -0.25) is 4.90 Å². The fraction of sp³-hybridized carbons (Fsp3) is 0.733. The average molecular weight is 545 g/mol. The second kappa shape index (κ2) is 12.9. The van der Waals surface area contributed by atoms with E-state index in [1.165, 1.54) is 0 Å². The van der Waals surface area contributed by atoms with E-state index in [9.17, 15) is 14.7 Å². The van der Waals surface area contributed by atoms with E-state index in [1.54, 1.807) is 4.90 Å². The van der Waals surface area contributed by atoms with Gasteiger partial charge in [-0.05, 0) is 77.9 Å². The predicted molar refractivity (Wildman–Crippen MR) is 150 cm³/mol. The molecule has 2 amide bonds. The lowest BCUT2D eigenvalue weighted by Gasteiger charge is -2.44. The highest BCUT2D eigenvalue weighted by Gasteiger charge is 2.38. The Morgan fingerprint density at radius 1 is 0.949 bits per heavy atom. The Morgan fingerprint density at radius 3 is 2.23 bits per heavy atom. The molecule has 1 N–H and O–H groups in total. The van der Waals surface area contributed by atoms with Gasteiger partial charge in [0, 0.05) is 51.9 Å². The molecule has 39 heavy (non-hydrogen) atoms. The van der Waals surface area contributed by atoms with Crippen molar-refractivity contribution >= 4 is 12.2 Å². The molecule has 0 spiro atoms. The number of aliphatic hydroxyl groups is 1. The number of nitrogens with zero attached hydrogens (tertiary/aromatic N) is 4. The number of benzene rings is 1. The molecule has 0 radical (unpaired) electrons. The molecule has 9 nitrogen and oxygen atoms in total. The molecule has 9 heteroatoms. The van der Waals surface area contributed by atoms with Gasteiger partial charge in [0.15, 0.2) is 0 Å². The number of likely N-dealkylation sites (tertiary alicyclic amines) is 2. The number of piperidine rings is 2. The van der Waals surface area contributed by atoms with E-state index < -0.39 is 11.2 Å². The lowest BCUT2D eigenvalue weighted by atomic mass is 9.89. The first kappa shape index (κ1) is 29.6. The van der Waals surface area contributed by atoms with Crippen molar-refractivity contribution in [1.29, 1.82) is 0 Å². The summed E-state index contributed by atoms with van der Waals surface area (Å²) >= 11 is 0. The zero-order chi connectivity index (χ0) is 28.0. The average Bonchev–Trinajstić information content (AvgIpc) is 2.89. The van der Waals surface area contributed by atoms with Gasteiger partial charge in [0.05, 0.1) is 5.60 Å². The number of piperazine rings is 1. The van der Waals surface area contributed by atoms with Gasteiger partial charge in [0.25, 0.3) is 0 Å². The number of carbonyl (C=O) groups excluding carboxylic acids is 2. The molecule has 0 aliphatic carbocycles. The zero-order valence-electron chi connectivity index (χ0n) is 24.3. The number of carbonyl (C=O) groups is 2. The van der Waals surface area contributed by atoms with Crippen LogP contribution in [0.3, 0.4) is 0 Å². The summed E-state index contributed by atoms with van der Waals surface area (Å²) in [6.07, 6.45) is 2.89. The standard InChI is InChI=1S/C30H48N4O5/c1-24-20-34(27(35)38-22-26-8-6-5-7-9-26)19-18-33(24)21-25-10-14-31(15-11-25)23-30(37)12-16-32(17-13-30)28(36)39-29(2,3)4/h5-9,24-25,37H,10-23H2,1-4H3/t24-/m0/s1. The highest BCUT2D eigenvalue weighted by molar-refractivity contribution is 5.68. The van der Waals surface area contributed by atoms with Crippen LogP contribution < -0.4 is 0 Å². The first-order chi connectivity index (χ1) is 18.5. The van der Waals surface area contributed by atoms with Crippen LogP contribution in [0.25, 0.3) is 0 Å². The van der Waals surface area contributed by atoms with Crippen LogP contribution >= 0.6 is 0 Å². The summed E-state index contributed by atoms with van der Waals surface area (Å²) in [5.41, 5.74) is -0.248. The summed E-state index contributed by atoms with van der Waals surface area (Å²) in [5, 5.41) is 11.2. The summed E-state index contributed by atoms with van der Waals surface area (Å²) in [6, 6.07) is 10.1. The minimum atomic E-state index is -0.745. The lowest BCUT2D eigenvalue weighted by molar-refractivity contribution is -0.0553. The first-order valence-electron chi connectivity index (χ1n) is 14.6. The number of hydrogen-bond donors (Lipinski definition) is 1. The molecule has 0 unspecified atom stereocenters. The summed E-state index contributed by atoms with van der Waals surface area (Å²) in [6.45, 7) is 15.2. The van der Waals surface area contributed by atoms with E-state index in [2.05, 4.69) is 16.7 Å². The van der Waals surface area contributed by atoms with Crippen LogP contribution in [0.4, 0.5) is 9.59 Å². The van der Waals surface area contributed by atoms with Crippen molar-refractivity contribution in [2.45, 2.75) is 77.2 Å². The Labute approximate surface area is 234 Å². The highest BCUT2D eigenvalue weighted by Crippen LogP contribution is 2.28. The Hall–Kier alpha value is -2.36. The van der Waals surface area contributed by atoms with Crippen molar-refractivity contribution in [3.05, 3.63) is 35.9 Å². The van der Waals surface area contributed by atoms with E-state index in [-0.39, 0.29) is 12.2 Å². The summed E-state index contributed by atoms with van der Waals surface area (Å²) in [4.78, 5) is 33.4. The molecule has 3 fully saturated rings. The molecule has 3 saturated heterocycles. The molecule has 3 heterocycles. The normalized spacial score (nSPS) is 23.5. The minimum absolute atomic E-state index is 0.228. The number of β-amino-alcohol motifs (C(OH)–C–C–N with tert-alkyl or cyclic N) is 1. The molecule has 0 saturated carbocycles. The Balaban J connectivity index is 1.14. The molecule has 3 aliphatic heterocycles. The number of hydrogen-bond acceptors (Lipinski definition) is 7. The fourth-order valence-corrected chi connectivity index (χ4v) is 5.91. The summed E-state index contributed by atoms with van der Waals surface area (Å²) < 4.78 is 11.0. The molecule has 1 aromatic carbocycles. The summed E-state index contributed by atoms with van der Waals surface area (Å²) in [5.74, 6) is 0.629. The van der Waals surface area contributed by atoms with Gasteiger partial charge in [-0.2, -0.15) is 0 Å². The molecule has 0 aromatic heterocycles. The fourth-order valence-electron chi connectivity index (χ4n) is 5.91. The molecule has 1 aromatic rings. The van der Waals surface area contributed by atoms with Gasteiger partial charge in [-0.1, -0.05) is 30.3 Å². The van der Waals surface area contributed by atoms with Crippen LogP contribution in [0.2, 0.25) is 0 Å². The molecule has 0 bridgehead atoms. The zero-order valence-corrected chi connectivity index (χ0v) is 24.3. The largest absolute Gasteiger partial charge is 0.445 e. The third-order valence-corrected chi connectivity index (χ3v) is 8.29. The van der Waals surface area contributed by atoms with Crippen molar-refractivity contribution in [2.24, 2.45) is 5.92 Å². The molecule has 218 valence electrons. The van der Waals surface area contributed by atoms with Gasteiger partial charge in [0.2, 0.25) is 0 Å². The number of amides is 2. The van der Waals surface area contributed by atoms with Crippen LogP contribution in [0.1, 0.15) is 58.9 Å². The predicted octanol–water partition coefficient (Wildman–Crippen LogP) is 3.80. The second-order valence-electron chi connectivity index (χ2n) is 12.7. The quantitative estimate of drug-likeness (QED) is 0.583. The molecule has 1 atom stereocenters. The molecular formula is C30H48N4O5. The maximum absolute atomic E-state index is 12.6. The van der Waals surface area contributed by atoms with E-state index in [4.69, 9.17) is 9.47 Å². The van der Waals surface area contributed by atoms with Crippen molar-refractivity contribution in [3.8, 4) is 0 Å². The van der Waals surface area contributed by atoms with E-state index >= 15 is 0 Å². The lowest BCUT2D eigenvalue weighted by Crippen LogP contribution is -2.56. The topological polar surface area (TPSA) is 85.8 Å². The van der Waals surface area contributed by atoms with Crippen molar-refractivity contribution < 1.29 is 24.2 Å². The third kappa shape index (κ3) is 8.82. The van der Waals surface area contributed by atoms with E-state index in [0.29, 0.717) is 64.1 Å². The SMILES string of the molecule is C[C@H]1CN(C(=O)OCc2ccccc2)CCN1CC1CCN(CC2(O)CCN(C(=O)OC(C)(C)C)CC2)CC1. The number of ether oxygens (including phenoxy) is 2. The van der Waals surface area contributed by atoms with Gasteiger partial charge in [-0.15, -0.1) is 0 Å². The van der Waals surface area contributed by atoms with Crippen molar-refractivity contribution in [1.82, 2.24) is 19.6 Å².